The molecule has 1 fully saturated rings. The van der Waals surface area contributed by atoms with Crippen molar-refractivity contribution in [1.29, 1.82) is 0 Å². The van der Waals surface area contributed by atoms with Crippen LogP contribution < -0.4 is 15.8 Å². The molecule has 0 bridgehead atoms. The highest BCUT2D eigenvalue weighted by Crippen LogP contribution is 2.26. The Balaban J connectivity index is 2.21. The summed E-state index contributed by atoms with van der Waals surface area (Å²) in [5.74, 6) is 1.24. The molecule has 7 heteroatoms. The van der Waals surface area contributed by atoms with E-state index in [4.69, 9.17) is 10.9 Å². The molecule has 0 aliphatic carbocycles. The summed E-state index contributed by atoms with van der Waals surface area (Å²) in [5.41, 5.74) is 5.73. The number of pyridine rings is 1. The fourth-order valence-electron chi connectivity index (χ4n) is 2.40. The highest BCUT2D eigenvalue weighted by atomic mass is 32.2. The number of nitrogens with zero attached hydrogens (tertiary/aromatic N) is 2. The van der Waals surface area contributed by atoms with Gasteiger partial charge in [0.2, 0.25) is 10.0 Å². The van der Waals surface area contributed by atoms with E-state index in [1.807, 2.05) is 0 Å². The molecule has 1 aliphatic rings. The number of anilines is 1. The van der Waals surface area contributed by atoms with Crippen molar-refractivity contribution in [3.8, 4) is 0 Å². The summed E-state index contributed by atoms with van der Waals surface area (Å²) in [6.07, 6.45) is 3.51. The number of hydrogen-bond donors (Lipinski definition) is 2. The zero-order valence-corrected chi connectivity index (χ0v) is 11.8. The van der Waals surface area contributed by atoms with Crippen LogP contribution in [-0.2, 0) is 10.0 Å². The molecule has 19 heavy (non-hydrogen) atoms. The average molecular weight is 284 g/mol. The Kier molecular flexibility index (Phi) is 4.07. The minimum atomic E-state index is -3.68. The zero-order chi connectivity index (χ0) is 14.0. The summed E-state index contributed by atoms with van der Waals surface area (Å²) in [6, 6.07) is 3.58. The van der Waals surface area contributed by atoms with Gasteiger partial charge in [-0.2, -0.15) is 0 Å². The van der Waals surface area contributed by atoms with Crippen LogP contribution in [0, 0.1) is 5.92 Å². The first-order valence-electron chi connectivity index (χ1n) is 6.37. The smallest absolute Gasteiger partial charge is 0.239 e. The molecule has 106 valence electrons. The first-order valence-corrected chi connectivity index (χ1v) is 7.92. The van der Waals surface area contributed by atoms with Crippen LogP contribution >= 0.6 is 0 Å². The first kappa shape index (κ1) is 14.2. The van der Waals surface area contributed by atoms with E-state index in [9.17, 15) is 8.42 Å². The highest BCUT2D eigenvalue weighted by molar-refractivity contribution is 7.89. The molecule has 1 aromatic rings. The summed E-state index contributed by atoms with van der Waals surface area (Å²) in [6.45, 7) is 3.67. The molecule has 1 aromatic heterocycles. The van der Waals surface area contributed by atoms with E-state index in [1.165, 1.54) is 12.3 Å². The monoisotopic (exact) mass is 284 g/mol. The van der Waals surface area contributed by atoms with Crippen LogP contribution in [0.5, 0.6) is 0 Å². The summed E-state index contributed by atoms with van der Waals surface area (Å²) in [4.78, 5) is 6.43. The van der Waals surface area contributed by atoms with Crippen LogP contribution in [0.1, 0.15) is 19.8 Å². The Hall–Kier alpha value is -1.18. The van der Waals surface area contributed by atoms with Crippen LogP contribution in [0.2, 0.25) is 0 Å². The molecular weight excluding hydrogens is 264 g/mol. The lowest BCUT2D eigenvalue weighted by Crippen LogP contribution is -2.44. The predicted molar refractivity (Wildman–Crippen MR) is 74.2 cm³/mol. The zero-order valence-electron chi connectivity index (χ0n) is 11.0. The van der Waals surface area contributed by atoms with E-state index in [1.54, 1.807) is 6.07 Å². The topological polar surface area (TPSA) is 102 Å². The lowest BCUT2D eigenvalue weighted by Gasteiger charge is -2.38. The van der Waals surface area contributed by atoms with Gasteiger partial charge in [-0.1, -0.05) is 0 Å². The molecule has 0 saturated carbocycles. The fourth-order valence-corrected chi connectivity index (χ4v) is 2.86. The van der Waals surface area contributed by atoms with Crippen LogP contribution in [0.15, 0.2) is 23.2 Å². The van der Waals surface area contributed by atoms with Crippen molar-refractivity contribution in [3.63, 3.8) is 0 Å². The summed E-state index contributed by atoms with van der Waals surface area (Å²) >= 11 is 0. The quantitative estimate of drug-likeness (QED) is 0.830. The lowest BCUT2D eigenvalue weighted by atomic mass is 9.93. The van der Waals surface area contributed by atoms with Gasteiger partial charge in [0.1, 0.15) is 10.7 Å². The van der Waals surface area contributed by atoms with E-state index < -0.39 is 10.0 Å². The molecule has 0 amide bonds. The van der Waals surface area contributed by atoms with Gasteiger partial charge >= 0.3 is 0 Å². The maximum atomic E-state index is 11.2. The standard InChI is InChI=1S/C12H20N4O2S/c1-9-2-3-10(6-13)8-16(9)12-5-4-11(7-15-12)19(14,17)18/h4-5,7,9-10H,2-3,6,8,13H2,1H3,(H2,14,17,18). The minimum Gasteiger partial charge on any atom is -0.354 e. The number of sulfonamides is 1. The fraction of sp³-hybridized carbons (Fsp3) is 0.583. The van der Waals surface area contributed by atoms with Crippen molar-refractivity contribution in [2.24, 2.45) is 16.8 Å². The van der Waals surface area contributed by atoms with Crippen LogP contribution in [0.25, 0.3) is 0 Å². The van der Waals surface area contributed by atoms with Crippen molar-refractivity contribution >= 4 is 15.8 Å². The van der Waals surface area contributed by atoms with Crippen molar-refractivity contribution < 1.29 is 8.42 Å². The second-order valence-corrected chi connectivity index (χ2v) is 6.64. The van der Waals surface area contributed by atoms with Crippen molar-refractivity contribution in [2.45, 2.75) is 30.7 Å². The molecule has 0 radical (unpaired) electrons. The first-order chi connectivity index (χ1) is 8.91. The highest BCUT2D eigenvalue weighted by Gasteiger charge is 2.25. The Morgan fingerprint density at radius 1 is 1.42 bits per heavy atom. The Bertz CT molecular complexity index is 529. The van der Waals surface area contributed by atoms with Crippen LogP contribution in [-0.4, -0.2) is 32.5 Å². The minimum absolute atomic E-state index is 0.0382. The maximum Gasteiger partial charge on any atom is 0.239 e. The maximum absolute atomic E-state index is 11.2. The van der Waals surface area contributed by atoms with Gasteiger partial charge in [0.15, 0.2) is 0 Å². The van der Waals surface area contributed by atoms with Crippen LogP contribution in [0.3, 0.4) is 0 Å². The number of rotatable bonds is 3. The van der Waals surface area contributed by atoms with Gasteiger partial charge in [-0.25, -0.2) is 18.5 Å². The van der Waals surface area contributed by atoms with Gasteiger partial charge in [-0.15, -0.1) is 0 Å². The largest absolute Gasteiger partial charge is 0.354 e. The Labute approximate surface area is 113 Å². The molecule has 2 atom stereocenters. The summed E-state index contributed by atoms with van der Waals surface area (Å²) in [7, 11) is -3.68. The van der Waals surface area contributed by atoms with Gasteiger partial charge in [-0.3, -0.25) is 0 Å². The Morgan fingerprint density at radius 3 is 2.68 bits per heavy atom. The second-order valence-electron chi connectivity index (χ2n) is 5.08. The SMILES string of the molecule is CC1CCC(CN)CN1c1ccc(S(N)(=O)=O)cn1. The van der Waals surface area contributed by atoms with Crippen molar-refractivity contribution in [2.75, 3.05) is 18.0 Å². The third-order valence-electron chi connectivity index (χ3n) is 3.66. The van der Waals surface area contributed by atoms with E-state index in [-0.39, 0.29) is 4.90 Å². The summed E-state index contributed by atoms with van der Waals surface area (Å²) in [5, 5.41) is 5.06. The van der Waals surface area contributed by atoms with Crippen LogP contribution in [0.4, 0.5) is 5.82 Å². The lowest BCUT2D eigenvalue weighted by molar-refractivity contribution is 0.372. The molecule has 0 aromatic carbocycles. The van der Waals surface area contributed by atoms with Gasteiger partial charge < -0.3 is 10.6 Å². The van der Waals surface area contributed by atoms with Gasteiger partial charge in [0, 0.05) is 18.8 Å². The number of aromatic nitrogens is 1. The molecule has 6 nitrogen and oxygen atoms in total. The van der Waals surface area contributed by atoms with Crippen molar-refractivity contribution in [1.82, 2.24) is 4.98 Å². The molecule has 1 aliphatic heterocycles. The van der Waals surface area contributed by atoms with Gasteiger partial charge in [0.05, 0.1) is 0 Å². The van der Waals surface area contributed by atoms with E-state index in [0.717, 1.165) is 25.2 Å². The van der Waals surface area contributed by atoms with E-state index in [0.29, 0.717) is 18.5 Å². The van der Waals surface area contributed by atoms with E-state index in [2.05, 4.69) is 16.8 Å². The average Bonchev–Trinajstić information content (AvgIpc) is 2.38. The third kappa shape index (κ3) is 3.23. The number of primary sulfonamides is 1. The number of nitrogens with two attached hydrogens (primary N) is 2. The van der Waals surface area contributed by atoms with Crippen molar-refractivity contribution in [3.05, 3.63) is 18.3 Å². The number of hydrogen-bond acceptors (Lipinski definition) is 5. The predicted octanol–water partition coefficient (Wildman–Crippen LogP) is 0.293. The normalized spacial score (nSPS) is 24.5. The van der Waals surface area contributed by atoms with Gasteiger partial charge in [0.25, 0.3) is 0 Å². The molecule has 2 rings (SSSR count). The molecule has 1 saturated heterocycles. The van der Waals surface area contributed by atoms with Gasteiger partial charge in [-0.05, 0) is 44.4 Å². The summed E-state index contributed by atoms with van der Waals surface area (Å²) < 4.78 is 22.4. The Morgan fingerprint density at radius 2 is 2.16 bits per heavy atom. The van der Waals surface area contributed by atoms with E-state index >= 15 is 0 Å². The number of piperidine rings is 1. The second kappa shape index (κ2) is 5.44. The molecule has 0 spiro atoms. The third-order valence-corrected chi connectivity index (χ3v) is 4.56. The molecular formula is C12H20N4O2S. The molecule has 4 N–H and O–H groups in total. The molecule has 2 unspecified atom stereocenters. The molecule has 2 heterocycles.